The predicted molar refractivity (Wildman–Crippen MR) is 49.0 cm³/mol. The van der Waals surface area contributed by atoms with Crippen LogP contribution < -0.4 is 0 Å². The van der Waals surface area contributed by atoms with Crippen LogP contribution in [0.5, 0.6) is 0 Å². The highest BCUT2D eigenvalue weighted by atomic mass is 16.3. The van der Waals surface area contributed by atoms with E-state index in [4.69, 9.17) is 0 Å². The maximum Gasteiger partial charge on any atom is 0.0662 e. The van der Waals surface area contributed by atoms with E-state index in [9.17, 15) is 5.11 Å². The first-order valence-electron chi connectivity index (χ1n) is 5.13. The molecule has 12 heavy (non-hydrogen) atoms. The van der Waals surface area contributed by atoms with E-state index >= 15 is 0 Å². The number of hydrogen-bond donors (Lipinski definition) is 1. The van der Waals surface area contributed by atoms with Crippen LogP contribution >= 0.6 is 0 Å². The molecule has 0 spiro atoms. The minimum Gasteiger partial charge on any atom is -0.390 e. The summed E-state index contributed by atoms with van der Waals surface area (Å²) in [7, 11) is 0. The summed E-state index contributed by atoms with van der Waals surface area (Å²) in [6.07, 6.45) is 4.42. The van der Waals surface area contributed by atoms with Gasteiger partial charge in [-0.05, 0) is 38.1 Å². The molecule has 1 N–H and O–H groups in total. The van der Waals surface area contributed by atoms with Gasteiger partial charge in [-0.2, -0.15) is 0 Å². The second-order valence-electron chi connectivity index (χ2n) is 4.67. The fourth-order valence-corrected chi connectivity index (χ4v) is 1.99. The van der Waals surface area contributed by atoms with Crippen LogP contribution in [0.4, 0.5) is 0 Å². The fourth-order valence-electron chi connectivity index (χ4n) is 1.99. The molecule has 0 aromatic rings. The largest absolute Gasteiger partial charge is 0.390 e. The van der Waals surface area contributed by atoms with Gasteiger partial charge in [0.2, 0.25) is 0 Å². The minimum atomic E-state index is -0.244. The number of hydrogen-bond acceptors (Lipinski definition) is 2. The summed E-state index contributed by atoms with van der Waals surface area (Å²) in [5.41, 5.74) is -0.244. The average molecular weight is 169 g/mol. The van der Waals surface area contributed by atoms with Crippen LogP contribution in [0.3, 0.4) is 0 Å². The lowest BCUT2D eigenvalue weighted by molar-refractivity contribution is 0.123. The molecular formula is C10H19NO. The molecule has 0 aromatic carbocycles. The first-order valence-corrected chi connectivity index (χ1v) is 5.13. The first-order chi connectivity index (χ1) is 5.68. The summed E-state index contributed by atoms with van der Waals surface area (Å²) in [5.74, 6) is 0.874. The van der Waals surface area contributed by atoms with E-state index in [0.717, 1.165) is 31.7 Å². The zero-order valence-corrected chi connectivity index (χ0v) is 7.92. The molecule has 1 saturated carbocycles. The zero-order valence-electron chi connectivity index (χ0n) is 7.92. The molecule has 2 nitrogen and oxygen atoms in total. The third kappa shape index (κ3) is 1.99. The topological polar surface area (TPSA) is 23.5 Å². The summed E-state index contributed by atoms with van der Waals surface area (Å²) >= 11 is 0. The van der Waals surface area contributed by atoms with Gasteiger partial charge in [-0.25, -0.2) is 0 Å². The second kappa shape index (κ2) is 3.00. The lowest BCUT2D eigenvalue weighted by Gasteiger charge is -2.17. The van der Waals surface area contributed by atoms with Gasteiger partial charge in [-0.3, -0.25) is 0 Å². The molecule has 2 fully saturated rings. The Balaban J connectivity index is 1.67. The van der Waals surface area contributed by atoms with E-state index in [-0.39, 0.29) is 5.60 Å². The lowest BCUT2D eigenvalue weighted by Crippen LogP contribution is -2.25. The molecule has 0 bridgehead atoms. The number of nitrogens with zero attached hydrogens (tertiary/aromatic N) is 1. The van der Waals surface area contributed by atoms with Crippen molar-refractivity contribution >= 4 is 0 Å². The summed E-state index contributed by atoms with van der Waals surface area (Å²) < 4.78 is 0. The monoisotopic (exact) mass is 169 g/mol. The first kappa shape index (κ1) is 8.52. The molecule has 1 saturated heterocycles. The maximum absolute atomic E-state index is 9.63. The Morgan fingerprint density at radius 1 is 1.50 bits per heavy atom. The summed E-state index contributed by atoms with van der Waals surface area (Å²) in [4.78, 5) is 2.49. The van der Waals surface area contributed by atoms with E-state index in [1.54, 1.807) is 0 Å². The van der Waals surface area contributed by atoms with Gasteiger partial charge in [0.1, 0.15) is 0 Å². The van der Waals surface area contributed by atoms with Crippen molar-refractivity contribution in [2.45, 2.75) is 38.2 Å². The van der Waals surface area contributed by atoms with E-state index in [1.807, 2.05) is 0 Å². The standard InChI is InChI=1S/C10H19NO/c1-9-2-6-11(8-9)7-5-10(12)3-4-10/h9,12H,2-8H2,1H3. The second-order valence-corrected chi connectivity index (χ2v) is 4.67. The van der Waals surface area contributed by atoms with Crippen molar-refractivity contribution in [1.29, 1.82) is 0 Å². The highest BCUT2D eigenvalue weighted by Crippen LogP contribution is 2.38. The van der Waals surface area contributed by atoms with Crippen LogP contribution in [0.2, 0.25) is 0 Å². The van der Waals surface area contributed by atoms with Gasteiger partial charge in [0.15, 0.2) is 0 Å². The SMILES string of the molecule is CC1CCN(CCC2(O)CC2)C1. The third-order valence-electron chi connectivity index (χ3n) is 3.23. The Labute approximate surface area is 74.6 Å². The minimum absolute atomic E-state index is 0.244. The third-order valence-corrected chi connectivity index (χ3v) is 3.23. The molecule has 0 radical (unpaired) electrons. The van der Waals surface area contributed by atoms with Gasteiger partial charge in [0.25, 0.3) is 0 Å². The molecule has 2 aliphatic rings. The van der Waals surface area contributed by atoms with Crippen LogP contribution in [0.1, 0.15) is 32.6 Å². The smallest absolute Gasteiger partial charge is 0.0662 e. The van der Waals surface area contributed by atoms with Gasteiger partial charge in [-0.1, -0.05) is 6.92 Å². The van der Waals surface area contributed by atoms with Crippen molar-refractivity contribution in [3.63, 3.8) is 0 Å². The van der Waals surface area contributed by atoms with Gasteiger partial charge in [-0.15, -0.1) is 0 Å². The van der Waals surface area contributed by atoms with Gasteiger partial charge < -0.3 is 10.0 Å². The van der Waals surface area contributed by atoms with Crippen LogP contribution in [0.25, 0.3) is 0 Å². The predicted octanol–water partition coefficient (Wildman–Crippen LogP) is 1.24. The molecule has 2 heteroatoms. The van der Waals surface area contributed by atoms with Crippen LogP contribution in [0.15, 0.2) is 0 Å². The Kier molecular flexibility index (Phi) is 2.13. The molecule has 2 rings (SSSR count). The molecule has 0 aromatic heterocycles. The molecule has 0 amide bonds. The van der Waals surface area contributed by atoms with Crippen molar-refractivity contribution < 1.29 is 5.11 Å². The van der Waals surface area contributed by atoms with Crippen molar-refractivity contribution in [3.8, 4) is 0 Å². The molecule has 1 unspecified atom stereocenters. The number of likely N-dealkylation sites (tertiary alicyclic amines) is 1. The van der Waals surface area contributed by atoms with Crippen molar-refractivity contribution in [2.24, 2.45) is 5.92 Å². The normalized spacial score (nSPS) is 34.0. The van der Waals surface area contributed by atoms with E-state index in [0.29, 0.717) is 0 Å². The highest BCUT2D eigenvalue weighted by molar-refractivity contribution is 4.94. The quantitative estimate of drug-likeness (QED) is 0.687. The Morgan fingerprint density at radius 2 is 2.25 bits per heavy atom. The lowest BCUT2D eigenvalue weighted by atomic mass is 10.2. The van der Waals surface area contributed by atoms with E-state index in [2.05, 4.69) is 11.8 Å². The van der Waals surface area contributed by atoms with E-state index < -0.39 is 0 Å². The summed E-state index contributed by atoms with van der Waals surface area (Å²) in [6, 6.07) is 0. The molecule has 1 aliphatic heterocycles. The van der Waals surface area contributed by atoms with Crippen LogP contribution in [0, 0.1) is 5.92 Å². The molecule has 70 valence electrons. The Morgan fingerprint density at radius 3 is 2.75 bits per heavy atom. The molecule has 1 heterocycles. The molecular weight excluding hydrogens is 150 g/mol. The number of aliphatic hydroxyl groups is 1. The Bertz CT molecular complexity index is 165. The van der Waals surface area contributed by atoms with E-state index in [1.165, 1.54) is 19.5 Å². The molecule has 1 aliphatic carbocycles. The summed E-state index contributed by atoms with van der Waals surface area (Å²) in [6.45, 7) is 5.92. The van der Waals surface area contributed by atoms with Crippen molar-refractivity contribution in [3.05, 3.63) is 0 Å². The van der Waals surface area contributed by atoms with Gasteiger partial charge in [0.05, 0.1) is 5.60 Å². The van der Waals surface area contributed by atoms with Gasteiger partial charge >= 0.3 is 0 Å². The van der Waals surface area contributed by atoms with Crippen LogP contribution in [-0.2, 0) is 0 Å². The summed E-state index contributed by atoms with van der Waals surface area (Å²) in [5, 5.41) is 9.63. The van der Waals surface area contributed by atoms with Crippen molar-refractivity contribution in [2.75, 3.05) is 19.6 Å². The maximum atomic E-state index is 9.63. The van der Waals surface area contributed by atoms with Crippen molar-refractivity contribution in [1.82, 2.24) is 4.90 Å². The zero-order chi connectivity index (χ0) is 8.60. The van der Waals surface area contributed by atoms with Gasteiger partial charge in [0, 0.05) is 13.1 Å². The van der Waals surface area contributed by atoms with Crippen LogP contribution in [-0.4, -0.2) is 35.2 Å². The fraction of sp³-hybridized carbons (Fsp3) is 1.00. The number of rotatable bonds is 3. The highest BCUT2D eigenvalue weighted by Gasteiger charge is 2.40. The average Bonchev–Trinajstić information content (AvgIpc) is 2.60. The Hall–Kier alpha value is -0.0800. The molecule has 1 atom stereocenters.